The third-order valence-electron chi connectivity index (χ3n) is 5.51. The molecule has 1 N–H and O–H groups in total. The lowest BCUT2D eigenvalue weighted by Crippen LogP contribution is -2.36. The van der Waals surface area contributed by atoms with E-state index in [-0.39, 0.29) is 29.5 Å². The summed E-state index contributed by atoms with van der Waals surface area (Å²) in [6.45, 7) is 11.3. The Morgan fingerprint density at radius 3 is 2.26 bits per heavy atom. The van der Waals surface area contributed by atoms with Crippen LogP contribution in [0.3, 0.4) is 0 Å². The molecule has 0 spiro atoms. The molecular formula is C26H33N5O2S. The van der Waals surface area contributed by atoms with Gasteiger partial charge in [0.15, 0.2) is 11.0 Å². The van der Waals surface area contributed by atoms with E-state index in [1.54, 1.807) is 7.05 Å². The van der Waals surface area contributed by atoms with Crippen molar-refractivity contribution in [2.24, 2.45) is 0 Å². The molecule has 1 heterocycles. The fraction of sp³-hybridized carbons (Fsp3) is 0.385. The summed E-state index contributed by atoms with van der Waals surface area (Å²) >= 11 is 1.33. The summed E-state index contributed by atoms with van der Waals surface area (Å²) in [5, 5.41) is 12.2. The first-order chi connectivity index (χ1) is 16.1. The molecular weight excluding hydrogens is 446 g/mol. The number of likely N-dealkylation sites (N-methyl/N-ethyl adjacent to an activating group) is 1. The number of anilines is 1. The zero-order chi connectivity index (χ0) is 24.9. The maximum absolute atomic E-state index is 12.6. The molecule has 180 valence electrons. The average Bonchev–Trinajstić information content (AvgIpc) is 3.21. The molecule has 0 aliphatic heterocycles. The zero-order valence-electron chi connectivity index (χ0n) is 20.8. The van der Waals surface area contributed by atoms with E-state index in [2.05, 4.69) is 60.6 Å². The fourth-order valence-electron chi connectivity index (χ4n) is 3.39. The summed E-state index contributed by atoms with van der Waals surface area (Å²) in [6.07, 6.45) is 0. The Labute approximate surface area is 206 Å². The number of aryl methyl sites for hydroxylation is 1. The predicted octanol–water partition coefficient (Wildman–Crippen LogP) is 4.76. The Bertz CT molecular complexity index is 1130. The van der Waals surface area contributed by atoms with Crippen LogP contribution in [0.25, 0.3) is 11.4 Å². The lowest BCUT2D eigenvalue weighted by molar-refractivity contribution is -0.131. The number of amides is 2. The van der Waals surface area contributed by atoms with E-state index in [0.29, 0.717) is 17.4 Å². The van der Waals surface area contributed by atoms with Gasteiger partial charge in [-0.3, -0.25) is 9.59 Å². The van der Waals surface area contributed by atoms with Crippen LogP contribution >= 0.6 is 11.8 Å². The van der Waals surface area contributed by atoms with E-state index in [1.807, 2.05) is 42.7 Å². The second-order valence-electron chi connectivity index (χ2n) is 9.33. The number of nitrogens with one attached hydrogen (secondary N) is 1. The minimum absolute atomic E-state index is 0.0148. The molecule has 0 atom stereocenters. The molecule has 0 radical (unpaired) electrons. The number of rotatable bonds is 8. The van der Waals surface area contributed by atoms with Crippen LogP contribution in [0.1, 0.15) is 38.8 Å². The molecule has 0 bridgehead atoms. The third-order valence-corrected chi connectivity index (χ3v) is 6.46. The van der Waals surface area contributed by atoms with Gasteiger partial charge in [-0.1, -0.05) is 74.5 Å². The number of hydrogen-bond acceptors (Lipinski definition) is 5. The number of carbonyl (C=O) groups excluding carboxylic acids is 2. The van der Waals surface area contributed by atoms with Gasteiger partial charge in [-0.05, 0) is 37.0 Å². The first-order valence-corrected chi connectivity index (χ1v) is 12.3. The van der Waals surface area contributed by atoms with Crippen molar-refractivity contribution in [2.45, 2.75) is 51.7 Å². The molecule has 2 amide bonds. The number of benzene rings is 2. The lowest BCUT2D eigenvalue weighted by atomic mass is 9.87. The van der Waals surface area contributed by atoms with Crippen LogP contribution in [0.2, 0.25) is 0 Å². The van der Waals surface area contributed by atoms with Gasteiger partial charge >= 0.3 is 0 Å². The second kappa shape index (κ2) is 10.9. The number of nitrogens with zero attached hydrogens (tertiary/aromatic N) is 4. The van der Waals surface area contributed by atoms with Crippen molar-refractivity contribution in [1.29, 1.82) is 0 Å². The molecule has 7 nitrogen and oxygen atoms in total. The predicted molar refractivity (Wildman–Crippen MR) is 138 cm³/mol. The molecule has 3 rings (SSSR count). The van der Waals surface area contributed by atoms with Gasteiger partial charge in [0.1, 0.15) is 0 Å². The van der Waals surface area contributed by atoms with Crippen LogP contribution < -0.4 is 5.32 Å². The Hall–Kier alpha value is -3.13. The van der Waals surface area contributed by atoms with E-state index in [4.69, 9.17) is 0 Å². The Balaban J connectivity index is 1.59. The maximum atomic E-state index is 12.6. The highest BCUT2D eigenvalue weighted by Crippen LogP contribution is 2.27. The first kappa shape index (κ1) is 25.5. The standard InChI is InChI=1S/C26H33N5O2S/c1-7-31-24(19-10-12-20(13-11-19)26(3,4)5)28-29-25(31)34-17-23(33)30(6)16-22(32)27-21-14-8-18(2)9-15-21/h8-15H,7,16-17H2,1-6H3,(H,27,32). The van der Waals surface area contributed by atoms with E-state index < -0.39 is 0 Å². The minimum atomic E-state index is -0.234. The molecule has 34 heavy (non-hydrogen) atoms. The van der Waals surface area contributed by atoms with Crippen molar-refractivity contribution in [1.82, 2.24) is 19.7 Å². The molecule has 0 saturated heterocycles. The fourth-order valence-corrected chi connectivity index (χ4v) is 4.33. The summed E-state index contributed by atoms with van der Waals surface area (Å²) in [4.78, 5) is 26.3. The summed E-state index contributed by atoms with van der Waals surface area (Å²) in [7, 11) is 1.63. The molecule has 0 unspecified atom stereocenters. The largest absolute Gasteiger partial charge is 0.336 e. The monoisotopic (exact) mass is 479 g/mol. The van der Waals surface area contributed by atoms with Crippen LogP contribution in [0.4, 0.5) is 5.69 Å². The number of hydrogen-bond donors (Lipinski definition) is 1. The first-order valence-electron chi connectivity index (χ1n) is 11.4. The van der Waals surface area contributed by atoms with E-state index in [1.165, 1.54) is 22.2 Å². The number of aromatic nitrogens is 3. The highest BCUT2D eigenvalue weighted by atomic mass is 32.2. The van der Waals surface area contributed by atoms with Gasteiger partial charge in [-0.25, -0.2) is 0 Å². The summed E-state index contributed by atoms with van der Waals surface area (Å²) < 4.78 is 2.01. The van der Waals surface area contributed by atoms with Crippen molar-refractivity contribution in [2.75, 3.05) is 24.7 Å². The highest BCUT2D eigenvalue weighted by Gasteiger charge is 2.19. The SMILES string of the molecule is CCn1c(SCC(=O)N(C)CC(=O)Nc2ccc(C)cc2)nnc1-c1ccc(C(C)(C)C)cc1. The average molecular weight is 480 g/mol. The molecule has 0 fully saturated rings. The van der Waals surface area contributed by atoms with Gasteiger partial charge in [0, 0.05) is 24.8 Å². The van der Waals surface area contributed by atoms with Gasteiger partial charge in [-0.15, -0.1) is 10.2 Å². The van der Waals surface area contributed by atoms with Gasteiger partial charge in [0.05, 0.1) is 12.3 Å². The van der Waals surface area contributed by atoms with Crippen LogP contribution in [-0.4, -0.2) is 50.8 Å². The van der Waals surface area contributed by atoms with Crippen molar-refractivity contribution in [3.05, 3.63) is 59.7 Å². The van der Waals surface area contributed by atoms with Crippen LogP contribution in [0.15, 0.2) is 53.7 Å². The quantitative estimate of drug-likeness (QED) is 0.471. The van der Waals surface area contributed by atoms with Gasteiger partial charge in [0.2, 0.25) is 11.8 Å². The second-order valence-corrected chi connectivity index (χ2v) is 10.3. The van der Waals surface area contributed by atoms with Crippen molar-refractivity contribution in [3.63, 3.8) is 0 Å². The van der Waals surface area contributed by atoms with Gasteiger partial charge < -0.3 is 14.8 Å². The highest BCUT2D eigenvalue weighted by molar-refractivity contribution is 7.99. The maximum Gasteiger partial charge on any atom is 0.243 e. The van der Waals surface area contributed by atoms with Gasteiger partial charge in [0.25, 0.3) is 0 Å². The number of carbonyl (C=O) groups is 2. The van der Waals surface area contributed by atoms with Crippen molar-refractivity contribution in [3.8, 4) is 11.4 Å². The summed E-state index contributed by atoms with van der Waals surface area (Å²) in [5.41, 5.74) is 4.16. The normalized spacial score (nSPS) is 11.4. The number of thioether (sulfide) groups is 1. The van der Waals surface area contributed by atoms with Crippen molar-refractivity contribution >= 4 is 29.3 Å². The van der Waals surface area contributed by atoms with Crippen molar-refractivity contribution < 1.29 is 9.59 Å². The van der Waals surface area contributed by atoms with E-state index in [9.17, 15) is 9.59 Å². The Morgan fingerprint density at radius 1 is 1.03 bits per heavy atom. The van der Waals surface area contributed by atoms with E-state index in [0.717, 1.165) is 17.0 Å². The Kier molecular flexibility index (Phi) is 8.15. The molecule has 3 aromatic rings. The van der Waals surface area contributed by atoms with Crippen LogP contribution in [0, 0.1) is 6.92 Å². The molecule has 0 saturated carbocycles. The molecule has 8 heteroatoms. The Morgan fingerprint density at radius 2 is 1.68 bits per heavy atom. The van der Waals surface area contributed by atoms with E-state index >= 15 is 0 Å². The molecule has 0 aliphatic rings. The lowest BCUT2D eigenvalue weighted by Gasteiger charge is -2.19. The molecule has 1 aromatic heterocycles. The minimum Gasteiger partial charge on any atom is -0.336 e. The topological polar surface area (TPSA) is 80.1 Å². The smallest absolute Gasteiger partial charge is 0.243 e. The van der Waals surface area contributed by atoms with Crippen LogP contribution in [0.5, 0.6) is 0 Å². The molecule has 0 aliphatic carbocycles. The molecule has 2 aromatic carbocycles. The summed E-state index contributed by atoms with van der Waals surface area (Å²) in [5.74, 6) is 0.576. The van der Waals surface area contributed by atoms with Crippen LogP contribution in [-0.2, 0) is 21.5 Å². The summed E-state index contributed by atoms with van der Waals surface area (Å²) in [6, 6.07) is 15.9. The zero-order valence-corrected chi connectivity index (χ0v) is 21.6. The third kappa shape index (κ3) is 6.47. The van der Waals surface area contributed by atoms with Gasteiger partial charge in [-0.2, -0.15) is 0 Å².